The summed E-state index contributed by atoms with van der Waals surface area (Å²) in [6, 6.07) is 23.4. The molecule has 0 aromatic heterocycles. The summed E-state index contributed by atoms with van der Waals surface area (Å²) >= 11 is 0. The Morgan fingerprint density at radius 1 is 0.917 bits per heavy atom. The molecule has 0 fully saturated rings. The average Bonchev–Trinajstić information content (AvgIpc) is 2.88. The van der Waals surface area contributed by atoms with Gasteiger partial charge in [0.25, 0.3) is 5.91 Å². The van der Waals surface area contributed by atoms with Crippen molar-refractivity contribution < 1.29 is 17.9 Å². The van der Waals surface area contributed by atoms with Gasteiger partial charge in [-0.15, -0.1) is 0 Å². The zero-order valence-electron chi connectivity index (χ0n) is 21.3. The van der Waals surface area contributed by atoms with Gasteiger partial charge >= 0.3 is 0 Å². The molecule has 3 rings (SSSR count). The number of rotatable bonds is 13. The zero-order valence-corrected chi connectivity index (χ0v) is 22.1. The first-order valence-corrected chi connectivity index (χ1v) is 14.3. The Morgan fingerprint density at radius 2 is 1.56 bits per heavy atom. The van der Waals surface area contributed by atoms with Gasteiger partial charge in [-0.25, -0.2) is 8.42 Å². The maximum Gasteiger partial charge on any atom is 0.251 e. The maximum absolute atomic E-state index is 12.6. The standard InChI is InChI=1S/C29H36N2O4S/c1-4-6-10-23(5-2)21-30-29(32)25-15-13-24(14-16-25)22-31(36(3,33)34)26-17-19-28(20-18-26)35-27-11-8-7-9-12-27/h7-9,11-20,23H,4-6,10,21-22H2,1-3H3,(H,30,32)/t23-/m0/s1. The maximum atomic E-state index is 12.6. The predicted octanol–water partition coefficient (Wildman–Crippen LogP) is 6.39. The highest BCUT2D eigenvalue weighted by Gasteiger charge is 2.18. The first-order chi connectivity index (χ1) is 17.3. The fourth-order valence-electron chi connectivity index (χ4n) is 3.91. The fraction of sp³-hybridized carbons (Fsp3) is 0.345. The number of nitrogens with zero attached hydrogens (tertiary/aromatic N) is 1. The van der Waals surface area contributed by atoms with Crippen molar-refractivity contribution in [3.05, 3.63) is 90.0 Å². The van der Waals surface area contributed by atoms with E-state index >= 15 is 0 Å². The Kier molecular flexibility index (Phi) is 9.94. The molecule has 1 N–H and O–H groups in total. The SMILES string of the molecule is CCCC[C@H](CC)CNC(=O)c1ccc(CN(c2ccc(Oc3ccccc3)cc2)S(C)(=O)=O)cc1. The third kappa shape index (κ3) is 8.12. The summed E-state index contributed by atoms with van der Waals surface area (Å²) in [5.41, 5.74) is 1.89. The lowest BCUT2D eigenvalue weighted by molar-refractivity contribution is 0.0946. The van der Waals surface area contributed by atoms with E-state index < -0.39 is 10.0 Å². The van der Waals surface area contributed by atoms with Crippen LogP contribution in [0, 0.1) is 5.92 Å². The van der Waals surface area contributed by atoms with Crippen LogP contribution in [0.5, 0.6) is 11.5 Å². The van der Waals surface area contributed by atoms with Gasteiger partial charge in [-0.3, -0.25) is 9.10 Å². The van der Waals surface area contributed by atoms with Gasteiger partial charge in [0.1, 0.15) is 11.5 Å². The van der Waals surface area contributed by atoms with Gasteiger partial charge in [0, 0.05) is 12.1 Å². The van der Waals surface area contributed by atoms with Crippen molar-refractivity contribution in [3.63, 3.8) is 0 Å². The second-order valence-corrected chi connectivity index (χ2v) is 10.9. The number of sulfonamides is 1. The molecule has 0 radical (unpaired) electrons. The second-order valence-electron chi connectivity index (χ2n) is 9.00. The first kappa shape index (κ1) is 27.3. The number of hydrogen-bond donors (Lipinski definition) is 1. The highest BCUT2D eigenvalue weighted by molar-refractivity contribution is 7.92. The van der Waals surface area contributed by atoms with Crippen LogP contribution in [-0.2, 0) is 16.6 Å². The van der Waals surface area contributed by atoms with Gasteiger partial charge in [0.2, 0.25) is 10.0 Å². The number of amides is 1. The molecule has 0 saturated carbocycles. The van der Waals surface area contributed by atoms with Gasteiger partial charge in [-0.05, 0) is 66.4 Å². The van der Waals surface area contributed by atoms with Crippen LogP contribution in [0.4, 0.5) is 5.69 Å². The fourth-order valence-corrected chi connectivity index (χ4v) is 4.80. The van der Waals surface area contributed by atoms with Crippen LogP contribution in [-0.4, -0.2) is 27.1 Å². The van der Waals surface area contributed by atoms with Crippen LogP contribution in [0.15, 0.2) is 78.9 Å². The van der Waals surface area contributed by atoms with Crippen LogP contribution >= 0.6 is 0 Å². The Hall–Kier alpha value is -3.32. The van der Waals surface area contributed by atoms with Gasteiger partial charge in [0.15, 0.2) is 0 Å². The Labute approximate surface area is 215 Å². The highest BCUT2D eigenvalue weighted by Crippen LogP contribution is 2.26. The predicted molar refractivity (Wildman–Crippen MR) is 146 cm³/mol. The molecule has 0 unspecified atom stereocenters. The van der Waals surface area contributed by atoms with Gasteiger partial charge < -0.3 is 10.1 Å². The molecular weight excluding hydrogens is 472 g/mol. The number of nitrogens with one attached hydrogen (secondary N) is 1. The third-order valence-corrected chi connectivity index (χ3v) is 7.28. The summed E-state index contributed by atoms with van der Waals surface area (Å²) in [5.74, 6) is 1.71. The average molecular weight is 509 g/mol. The summed E-state index contributed by atoms with van der Waals surface area (Å²) in [7, 11) is -3.53. The van der Waals surface area contributed by atoms with Crippen molar-refractivity contribution >= 4 is 21.6 Å². The van der Waals surface area contributed by atoms with Gasteiger partial charge in [-0.1, -0.05) is 63.4 Å². The third-order valence-electron chi connectivity index (χ3n) is 6.14. The lowest BCUT2D eigenvalue weighted by Crippen LogP contribution is -2.30. The summed E-state index contributed by atoms with van der Waals surface area (Å²) in [4.78, 5) is 12.6. The lowest BCUT2D eigenvalue weighted by Gasteiger charge is -2.23. The minimum absolute atomic E-state index is 0.106. The molecule has 6 nitrogen and oxygen atoms in total. The zero-order chi connectivity index (χ0) is 26.0. The molecule has 0 aliphatic heterocycles. The Balaban J connectivity index is 1.65. The van der Waals surface area contributed by atoms with Crippen LogP contribution in [0.25, 0.3) is 0 Å². The lowest BCUT2D eigenvalue weighted by atomic mass is 9.99. The summed E-state index contributed by atoms with van der Waals surface area (Å²) < 4.78 is 32.3. The smallest absolute Gasteiger partial charge is 0.251 e. The van der Waals surface area contributed by atoms with E-state index in [1.54, 1.807) is 48.5 Å². The van der Waals surface area contributed by atoms with E-state index in [2.05, 4.69) is 19.2 Å². The molecule has 3 aromatic rings. The highest BCUT2D eigenvalue weighted by atomic mass is 32.2. The molecule has 0 heterocycles. The number of anilines is 1. The largest absolute Gasteiger partial charge is 0.457 e. The minimum Gasteiger partial charge on any atom is -0.457 e. The second kappa shape index (κ2) is 13.1. The molecule has 0 aliphatic rings. The molecule has 0 saturated heterocycles. The molecule has 1 amide bonds. The molecule has 1 atom stereocenters. The number of unbranched alkanes of at least 4 members (excludes halogenated alkanes) is 1. The quantitative estimate of drug-likeness (QED) is 0.290. The Morgan fingerprint density at radius 3 is 2.14 bits per heavy atom. The van der Waals surface area contributed by atoms with Crippen LogP contribution in [0.2, 0.25) is 0 Å². The van der Waals surface area contributed by atoms with E-state index in [0.29, 0.717) is 35.2 Å². The topological polar surface area (TPSA) is 75.7 Å². The van der Waals surface area contributed by atoms with E-state index in [1.165, 1.54) is 17.0 Å². The summed E-state index contributed by atoms with van der Waals surface area (Å²) in [5, 5.41) is 3.03. The van der Waals surface area contributed by atoms with E-state index in [0.717, 1.165) is 24.8 Å². The normalized spacial score (nSPS) is 12.1. The molecule has 192 valence electrons. The van der Waals surface area contributed by atoms with E-state index in [1.807, 2.05) is 30.3 Å². The number of para-hydroxylation sites is 1. The van der Waals surface area contributed by atoms with Crippen molar-refractivity contribution in [2.45, 2.75) is 46.1 Å². The molecule has 7 heteroatoms. The molecule has 0 aliphatic carbocycles. The van der Waals surface area contributed by atoms with Crippen molar-refractivity contribution in [1.82, 2.24) is 5.32 Å². The van der Waals surface area contributed by atoms with Crippen molar-refractivity contribution in [1.29, 1.82) is 0 Å². The molecule has 0 spiro atoms. The number of carbonyl (C=O) groups excluding carboxylic acids is 1. The van der Waals surface area contributed by atoms with Gasteiger partial charge in [-0.2, -0.15) is 0 Å². The molecule has 3 aromatic carbocycles. The van der Waals surface area contributed by atoms with Crippen LogP contribution < -0.4 is 14.4 Å². The Bertz CT molecular complexity index is 1190. The molecule has 0 bridgehead atoms. The summed E-state index contributed by atoms with van der Waals surface area (Å²) in [6.07, 6.45) is 5.67. The molecular formula is C29H36N2O4S. The number of hydrogen-bond acceptors (Lipinski definition) is 4. The molecule has 36 heavy (non-hydrogen) atoms. The van der Waals surface area contributed by atoms with E-state index in [-0.39, 0.29) is 12.5 Å². The van der Waals surface area contributed by atoms with Crippen molar-refractivity contribution in [3.8, 4) is 11.5 Å². The van der Waals surface area contributed by atoms with Crippen molar-refractivity contribution in [2.24, 2.45) is 5.92 Å². The minimum atomic E-state index is -3.53. The van der Waals surface area contributed by atoms with E-state index in [9.17, 15) is 13.2 Å². The van der Waals surface area contributed by atoms with Crippen LogP contribution in [0.1, 0.15) is 55.5 Å². The van der Waals surface area contributed by atoms with Gasteiger partial charge in [0.05, 0.1) is 18.5 Å². The van der Waals surface area contributed by atoms with Crippen molar-refractivity contribution in [2.75, 3.05) is 17.1 Å². The monoisotopic (exact) mass is 508 g/mol. The van der Waals surface area contributed by atoms with Crippen LogP contribution in [0.3, 0.4) is 0 Å². The number of ether oxygens (including phenoxy) is 1. The van der Waals surface area contributed by atoms with E-state index in [4.69, 9.17) is 4.74 Å². The number of benzene rings is 3. The first-order valence-electron chi connectivity index (χ1n) is 12.5. The number of carbonyl (C=O) groups is 1. The summed E-state index contributed by atoms with van der Waals surface area (Å²) in [6.45, 7) is 5.16.